The molecule has 4 nitrogen and oxygen atoms in total. The molecule has 0 bridgehead atoms. The molecule has 0 saturated heterocycles. The molecule has 2 rings (SSSR count). The zero-order valence-electron chi connectivity index (χ0n) is 8.93. The van der Waals surface area contributed by atoms with Crippen molar-refractivity contribution in [3.05, 3.63) is 29.3 Å². The first-order valence-corrected chi connectivity index (χ1v) is 5.42. The van der Waals surface area contributed by atoms with Gasteiger partial charge in [-0.05, 0) is 30.2 Å². The van der Waals surface area contributed by atoms with Crippen LogP contribution in [0.5, 0.6) is 0 Å². The first-order chi connectivity index (χ1) is 7.20. The van der Waals surface area contributed by atoms with Crippen molar-refractivity contribution in [2.45, 2.75) is 13.8 Å². The standard InChI is InChI=1S/C10H12N4S/c1-7-5-4-6-8(2)9(7)14(3)10-11-12-13-15-10/h4-6H,1-3H3. The van der Waals surface area contributed by atoms with Crippen LogP contribution in [0.25, 0.3) is 0 Å². The fourth-order valence-electron chi connectivity index (χ4n) is 1.69. The average molecular weight is 220 g/mol. The van der Waals surface area contributed by atoms with Gasteiger partial charge in [0.2, 0.25) is 5.13 Å². The molecule has 1 heterocycles. The molecule has 0 N–H and O–H groups in total. The molecular weight excluding hydrogens is 208 g/mol. The van der Waals surface area contributed by atoms with E-state index in [0.717, 1.165) is 5.13 Å². The van der Waals surface area contributed by atoms with Gasteiger partial charge in [0, 0.05) is 24.3 Å². The monoisotopic (exact) mass is 220 g/mol. The molecule has 1 aromatic heterocycles. The van der Waals surface area contributed by atoms with E-state index in [9.17, 15) is 0 Å². The Balaban J connectivity index is 2.46. The second-order valence-corrected chi connectivity index (χ2v) is 4.16. The van der Waals surface area contributed by atoms with E-state index in [1.165, 1.54) is 28.3 Å². The Labute approximate surface area is 92.7 Å². The lowest BCUT2D eigenvalue weighted by Gasteiger charge is -2.19. The maximum Gasteiger partial charge on any atom is 0.232 e. The summed E-state index contributed by atoms with van der Waals surface area (Å²) in [4.78, 5) is 2.02. The van der Waals surface area contributed by atoms with Crippen molar-refractivity contribution in [2.24, 2.45) is 0 Å². The minimum Gasteiger partial charge on any atom is -0.318 e. The highest BCUT2D eigenvalue weighted by Crippen LogP contribution is 2.29. The normalized spacial score (nSPS) is 10.3. The molecule has 0 aliphatic rings. The van der Waals surface area contributed by atoms with E-state index in [1.807, 2.05) is 11.9 Å². The number of para-hydroxylation sites is 1. The van der Waals surface area contributed by atoms with E-state index in [-0.39, 0.29) is 0 Å². The molecule has 0 atom stereocenters. The Kier molecular flexibility index (Phi) is 2.64. The molecule has 0 spiro atoms. The Morgan fingerprint density at radius 1 is 1.20 bits per heavy atom. The third kappa shape index (κ3) is 1.83. The van der Waals surface area contributed by atoms with Crippen molar-refractivity contribution in [1.82, 2.24) is 14.8 Å². The van der Waals surface area contributed by atoms with Gasteiger partial charge in [-0.25, -0.2) is 0 Å². The third-order valence-corrected chi connectivity index (χ3v) is 3.02. The lowest BCUT2D eigenvalue weighted by atomic mass is 10.1. The van der Waals surface area contributed by atoms with Gasteiger partial charge in [-0.2, -0.15) is 0 Å². The van der Waals surface area contributed by atoms with Crippen molar-refractivity contribution in [2.75, 3.05) is 11.9 Å². The molecular formula is C10H12N4S. The summed E-state index contributed by atoms with van der Waals surface area (Å²) in [5.74, 6) is 0. The highest BCUT2D eigenvalue weighted by molar-refractivity contribution is 7.09. The number of anilines is 2. The summed E-state index contributed by atoms with van der Waals surface area (Å²) in [5, 5.41) is 8.38. The van der Waals surface area contributed by atoms with Gasteiger partial charge in [0.1, 0.15) is 0 Å². The van der Waals surface area contributed by atoms with Crippen LogP contribution in [0.4, 0.5) is 10.8 Å². The van der Waals surface area contributed by atoms with E-state index in [1.54, 1.807) is 0 Å². The van der Waals surface area contributed by atoms with Crippen molar-refractivity contribution in [3.8, 4) is 0 Å². The van der Waals surface area contributed by atoms with Gasteiger partial charge in [-0.15, -0.1) is 0 Å². The fourth-order valence-corrected chi connectivity index (χ4v) is 2.12. The second kappa shape index (κ2) is 3.94. The number of hydrogen-bond acceptors (Lipinski definition) is 5. The second-order valence-electron chi connectivity index (χ2n) is 3.44. The summed E-state index contributed by atoms with van der Waals surface area (Å²) < 4.78 is 3.77. The minimum absolute atomic E-state index is 0.812. The zero-order chi connectivity index (χ0) is 10.8. The SMILES string of the molecule is Cc1cccc(C)c1N(C)c1nnns1. The molecule has 78 valence electrons. The van der Waals surface area contributed by atoms with Gasteiger partial charge in [0.25, 0.3) is 0 Å². The molecule has 2 aromatic rings. The minimum atomic E-state index is 0.812. The molecule has 5 heteroatoms. The Morgan fingerprint density at radius 3 is 2.40 bits per heavy atom. The molecule has 0 aliphatic carbocycles. The zero-order valence-corrected chi connectivity index (χ0v) is 9.75. The van der Waals surface area contributed by atoms with Crippen LogP contribution in [-0.4, -0.2) is 21.8 Å². The maximum absolute atomic E-state index is 3.96. The molecule has 1 aromatic carbocycles. The molecule has 0 fully saturated rings. The first kappa shape index (κ1) is 10.0. The van der Waals surface area contributed by atoms with Crippen LogP contribution in [-0.2, 0) is 0 Å². The van der Waals surface area contributed by atoms with E-state index in [4.69, 9.17) is 0 Å². The lowest BCUT2D eigenvalue weighted by molar-refractivity contribution is 0.942. The largest absolute Gasteiger partial charge is 0.318 e. The van der Waals surface area contributed by atoms with Gasteiger partial charge < -0.3 is 4.90 Å². The molecule has 0 radical (unpaired) electrons. The third-order valence-electron chi connectivity index (χ3n) is 2.35. The molecule has 0 unspecified atom stereocenters. The van der Waals surface area contributed by atoms with Crippen LogP contribution in [0, 0.1) is 13.8 Å². The lowest BCUT2D eigenvalue weighted by Crippen LogP contribution is -2.12. The highest BCUT2D eigenvalue weighted by atomic mass is 32.1. The number of benzene rings is 1. The Hall–Kier alpha value is -1.49. The summed E-state index contributed by atoms with van der Waals surface area (Å²) in [6, 6.07) is 6.24. The van der Waals surface area contributed by atoms with E-state index < -0.39 is 0 Å². The summed E-state index contributed by atoms with van der Waals surface area (Å²) >= 11 is 1.30. The Bertz CT molecular complexity index is 432. The number of nitrogens with zero attached hydrogens (tertiary/aromatic N) is 4. The van der Waals surface area contributed by atoms with Gasteiger partial charge in [-0.1, -0.05) is 27.8 Å². The van der Waals surface area contributed by atoms with Crippen molar-refractivity contribution < 1.29 is 0 Å². The van der Waals surface area contributed by atoms with E-state index >= 15 is 0 Å². The average Bonchev–Trinajstić information content (AvgIpc) is 2.69. The van der Waals surface area contributed by atoms with Gasteiger partial charge in [0.05, 0.1) is 0 Å². The molecule has 0 amide bonds. The predicted octanol–water partition coefficient (Wildman–Crippen LogP) is 2.32. The van der Waals surface area contributed by atoms with Gasteiger partial charge >= 0.3 is 0 Å². The summed E-state index contributed by atoms with van der Waals surface area (Å²) in [6.45, 7) is 4.18. The van der Waals surface area contributed by atoms with Crippen molar-refractivity contribution in [3.63, 3.8) is 0 Å². The van der Waals surface area contributed by atoms with Crippen LogP contribution in [0.15, 0.2) is 18.2 Å². The van der Waals surface area contributed by atoms with Gasteiger partial charge in [-0.3, -0.25) is 0 Å². The summed E-state index contributed by atoms with van der Waals surface area (Å²) in [5.41, 5.74) is 3.64. The predicted molar refractivity (Wildman–Crippen MR) is 61.7 cm³/mol. The highest BCUT2D eigenvalue weighted by Gasteiger charge is 2.12. The van der Waals surface area contributed by atoms with Crippen molar-refractivity contribution in [1.29, 1.82) is 0 Å². The quantitative estimate of drug-likeness (QED) is 0.779. The first-order valence-electron chi connectivity index (χ1n) is 4.65. The number of hydrogen-bond donors (Lipinski definition) is 0. The fraction of sp³-hybridized carbons (Fsp3) is 0.300. The molecule has 0 aliphatic heterocycles. The van der Waals surface area contributed by atoms with E-state index in [0.29, 0.717) is 0 Å². The summed E-state index contributed by atoms with van der Waals surface area (Å²) in [7, 11) is 1.98. The number of aromatic nitrogens is 3. The maximum atomic E-state index is 3.96. The summed E-state index contributed by atoms with van der Waals surface area (Å²) in [6.07, 6.45) is 0. The van der Waals surface area contributed by atoms with E-state index in [2.05, 4.69) is 46.8 Å². The van der Waals surface area contributed by atoms with Crippen LogP contribution >= 0.6 is 11.5 Å². The van der Waals surface area contributed by atoms with Crippen molar-refractivity contribution >= 4 is 22.4 Å². The van der Waals surface area contributed by atoms with Crippen LogP contribution in [0.3, 0.4) is 0 Å². The number of aryl methyl sites for hydroxylation is 2. The van der Waals surface area contributed by atoms with Crippen LogP contribution in [0.1, 0.15) is 11.1 Å². The topological polar surface area (TPSA) is 41.9 Å². The Morgan fingerprint density at radius 2 is 1.87 bits per heavy atom. The van der Waals surface area contributed by atoms with Crippen LogP contribution in [0.2, 0.25) is 0 Å². The number of rotatable bonds is 2. The molecule has 0 saturated carbocycles. The smallest absolute Gasteiger partial charge is 0.232 e. The molecule has 15 heavy (non-hydrogen) atoms. The van der Waals surface area contributed by atoms with Gasteiger partial charge in [0.15, 0.2) is 0 Å². The van der Waals surface area contributed by atoms with Crippen LogP contribution < -0.4 is 4.90 Å².